The summed E-state index contributed by atoms with van der Waals surface area (Å²) in [6, 6.07) is 11.4. The Labute approximate surface area is 200 Å². The fourth-order valence-corrected chi connectivity index (χ4v) is 4.03. The molecule has 0 spiro atoms. The van der Waals surface area contributed by atoms with E-state index in [4.69, 9.17) is 9.47 Å². The van der Waals surface area contributed by atoms with E-state index >= 15 is 0 Å². The largest absolute Gasteiger partial charge is 0.451 e. The third kappa shape index (κ3) is 4.16. The first-order valence-electron chi connectivity index (χ1n) is 11.0. The van der Waals surface area contributed by atoms with Gasteiger partial charge >= 0.3 is 6.18 Å². The number of nitrogens with zero attached hydrogens (tertiary/aromatic N) is 3. The van der Waals surface area contributed by atoms with Crippen molar-refractivity contribution in [3.05, 3.63) is 65.5 Å². The number of pyridine rings is 3. The van der Waals surface area contributed by atoms with Crippen LogP contribution >= 0.6 is 0 Å². The minimum atomic E-state index is -4.56. The van der Waals surface area contributed by atoms with Crippen molar-refractivity contribution in [1.29, 1.82) is 0 Å². The lowest BCUT2D eigenvalue weighted by atomic mass is 9.86. The molecule has 6 nitrogen and oxygen atoms in total. The van der Waals surface area contributed by atoms with Crippen LogP contribution in [0.5, 0.6) is 11.5 Å². The molecule has 0 aliphatic carbocycles. The standard InChI is InChI=1S/C26H23F3N4O2/c1-25(2,3)14-7-9-17-20(12-14)35-23-19(13-34-4)33-24-15(21(23)31-17)8-10-18(32-24)22-16(26(27,28)29)6-5-11-30-22/h5-12,31H,13H2,1-4H3. The lowest BCUT2D eigenvalue weighted by molar-refractivity contribution is -0.137. The molecule has 1 aliphatic heterocycles. The molecule has 4 aromatic rings. The highest BCUT2D eigenvalue weighted by molar-refractivity contribution is 5.98. The highest BCUT2D eigenvalue weighted by atomic mass is 19.4. The molecule has 35 heavy (non-hydrogen) atoms. The average molecular weight is 480 g/mol. The zero-order valence-corrected chi connectivity index (χ0v) is 19.6. The number of anilines is 2. The molecule has 0 unspecified atom stereocenters. The maximum Gasteiger partial charge on any atom is 0.418 e. The fourth-order valence-electron chi connectivity index (χ4n) is 4.03. The number of hydrogen-bond donors (Lipinski definition) is 1. The first kappa shape index (κ1) is 23.0. The Bertz CT molecular complexity index is 1450. The normalized spacial score (nSPS) is 13.1. The Morgan fingerprint density at radius 2 is 1.83 bits per heavy atom. The van der Waals surface area contributed by atoms with Gasteiger partial charge in [0, 0.05) is 18.7 Å². The van der Waals surface area contributed by atoms with Gasteiger partial charge in [-0.15, -0.1) is 0 Å². The number of ether oxygens (including phenoxy) is 2. The van der Waals surface area contributed by atoms with Crippen LogP contribution < -0.4 is 10.1 Å². The van der Waals surface area contributed by atoms with E-state index in [1.54, 1.807) is 6.07 Å². The zero-order valence-electron chi connectivity index (χ0n) is 19.6. The van der Waals surface area contributed by atoms with Gasteiger partial charge in [0.1, 0.15) is 11.4 Å². The van der Waals surface area contributed by atoms with Crippen molar-refractivity contribution < 1.29 is 22.6 Å². The third-order valence-corrected chi connectivity index (χ3v) is 5.83. The van der Waals surface area contributed by atoms with Crippen molar-refractivity contribution in [3.8, 4) is 22.9 Å². The molecule has 9 heteroatoms. The number of alkyl halides is 3. The Morgan fingerprint density at radius 3 is 2.54 bits per heavy atom. The number of hydrogen-bond acceptors (Lipinski definition) is 6. The second kappa shape index (κ2) is 8.20. The molecule has 1 aromatic carbocycles. The predicted octanol–water partition coefficient (Wildman–Crippen LogP) is 7.00. The molecule has 0 saturated carbocycles. The first-order valence-corrected chi connectivity index (χ1v) is 11.0. The van der Waals surface area contributed by atoms with Crippen LogP contribution in [0.25, 0.3) is 22.4 Å². The molecule has 4 heterocycles. The van der Waals surface area contributed by atoms with Crippen LogP contribution in [0.4, 0.5) is 24.5 Å². The van der Waals surface area contributed by atoms with E-state index in [0.29, 0.717) is 28.3 Å². The molecule has 3 aromatic heterocycles. The number of benzene rings is 1. The summed E-state index contributed by atoms with van der Waals surface area (Å²) in [6.45, 7) is 6.51. The van der Waals surface area contributed by atoms with E-state index in [-0.39, 0.29) is 29.1 Å². The maximum absolute atomic E-state index is 13.6. The van der Waals surface area contributed by atoms with Gasteiger partial charge in [-0.25, -0.2) is 9.97 Å². The van der Waals surface area contributed by atoms with E-state index in [2.05, 4.69) is 41.0 Å². The van der Waals surface area contributed by atoms with Crippen molar-refractivity contribution in [2.45, 2.75) is 39.0 Å². The lowest BCUT2D eigenvalue weighted by Gasteiger charge is -2.27. The monoisotopic (exact) mass is 480 g/mol. The van der Waals surface area contributed by atoms with Gasteiger partial charge in [0.2, 0.25) is 0 Å². The topological polar surface area (TPSA) is 69.2 Å². The molecule has 0 atom stereocenters. The van der Waals surface area contributed by atoms with Gasteiger partial charge in [-0.2, -0.15) is 13.2 Å². The van der Waals surface area contributed by atoms with Gasteiger partial charge in [-0.3, -0.25) is 4.98 Å². The van der Waals surface area contributed by atoms with Crippen LogP contribution in [-0.2, 0) is 22.9 Å². The first-order chi connectivity index (χ1) is 16.6. The Kier molecular flexibility index (Phi) is 5.40. The van der Waals surface area contributed by atoms with Crippen LogP contribution in [0.1, 0.15) is 37.6 Å². The van der Waals surface area contributed by atoms with Crippen molar-refractivity contribution in [3.63, 3.8) is 0 Å². The summed E-state index contributed by atoms with van der Waals surface area (Å²) >= 11 is 0. The predicted molar refractivity (Wildman–Crippen MR) is 127 cm³/mol. The lowest BCUT2D eigenvalue weighted by Crippen LogP contribution is -2.13. The van der Waals surface area contributed by atoms with Crippen LogP contribution in [0.15, 0.2) is 48.7 Å². The van der Waals surface area contributed by atoms with Crippen LogP contribution in [0.2, 0.25) is 0 Å². The molecule has 1 N–H and O–H groups in total. The van der Waals surface area contributed by atoms with Crippen molar-refractivity contribution in [2.75, 3.05) is 12.4 Å². The molecule has 0 fully saturated rings. The third-order valence-electron chi connectivity index (χ3n) is 5.83. The summed E-state index contributed by atoms with van der Waals surface area (Å²) in [5.41, 5.74) is 2.18. The number of aromatic nitrogens is 3. The molecule has 0 bridgehead atoms. The fraction of sp³-hybridized carbons (Fsp3) is 0.269. The second-order valence-electron chi connectivity index (χ2n) is 9.35. The van der Waals surface area contributed by atoms with Crippen molar-refractivity contribution in [2.24, 2.45) is 0 Å². The number of halogens is 3. The minimum Gasteiger partial charge on any atom is -0.451 e. The molecule has 0 amide bonds. The molecular formula is C26H23F3N4O2. The summed E-state index contributed by atoms with van der Waals surface area (Å²) < 4.78 is 52.3. The summed E-state index contributed by atoms with van der Waals surface area (Å²) in [5, 5.41) is 4.01. The summed E-state index contributed by atoms with van der Waals surface area (Å²) in [7, 11) is 1.54. The molecule has 0 saturated heterocycles. The van der Waals surface area contributed by atoms with E-state index in [1.165, 1.54) is 25.4 Å². The molecule has 0 radical (unpaired) electrons. The second-order valence-corrected chi connectivity index (χ2v) is 9.35. The van der Waals surface area contributed by atoms with Crippen LogP contribution in [0, 0.1) is 0 Å². The Balaban J connectivity index is 1.66. The highest BCUT2D eigenvalue weighted by Gasteiger charge is 2.35. The smallest absolute Gasteiger partial charge is 0.418 e. The quantitative estimate of drug-likeness (QED) is 0.300. The van der Waals surface area contributed by atoms with Crippen LogP contribution in [0.3, 0.4) is 0 Å². The van der Waals surface area contributed by atoms with Gasteiger partial charge in [0.05, 0.1) is 29.2 Å². The van der Waals surface area contributed by atoms with E-state index in [0.717, 1.165) is 17.3 Å². The van der Waals surface area contributed by atoms with E-state index < -0.39 is 11.7 Å². The Morgan fingerprint density at radius 1 is 1.03 bits per heavy atom. The molecule has 180 valence electrons. The average Bonchev–Trinajstić information content (AvgIpc) is 2.81. The van der Waals surface area contributed by atoms with Gasteiger partial charge in [-0.05, 0) is 47.4 Å². The number of methoxy groups -OCH3 is 1. The van der Waals surface area contributed by atoms with Gasteiger partial charge in [-0.1, -0.05) is 26.8 Å². The number of fused-ring (bicyclic) bond motifs is 4. The van der Waals surface area contributed by atoms with Crippen LogP contribution in [-0.4, -0.2) is 22.1 Å². The maximum atomic E-state index is 13.6. The Hall–Kier alpha value is -3.72. The van der Waals surface area contributed by atoms with E-state index in [9.17, 15) is 13.2 Å². The summed E-state index contributed by atoms with van der Waals surface area (Å²) in [5.74, 6) is 1.16. The van der Waals surface area contributed by atoms with Crippen molar-refractivity contribution in [1.82, 2.24) is 15.0 Å². The number of rotatable bonds is 3. The highest BCUT2D eigenvalue weighted by Crippen LogP contribution is 2.48. The zero-order chi connectivity index (χ0) is 25.0. The molecule has 5 rings (SSSR count). The van der Waals surface area contributed by atoms with Crippen molar-refractivity contribution >= 4 is 22.4 Å². The van der Waals surface area contributed by atoms with E-state index in [1.807, 2.05) is 18.2 Å². The van der Waals surface area contributed by atoms with Gasteiger partial charge in [0.15, 0.2) is 17.1 Å². The summed E-state index contributed by atoms with van der Waals surface area (Å²) in [6.07, 6.45) is -3.25. The van der Waals surface area contributed by atoms with Gasteiger partial charge < -0.3 is 14.8 Å². The number of nitrogens with one attached hydrogen (secondary N) is 1. The summed E-state index contributed by atoms with van der Waals surface area (Å²) in [4.78, 5) is 13.0. The molecule has 1 aliphatic rings. The minimum absolute atomic E-state index is 0.0588. The van der Waals surface area contributed by atoms with Gasteiger partial charge in [0.25, 0.3) is 0 Å². The SMILES string of the molecule is COCc1nc2nc(-c3ncccc3C(F)(F)F)ccc2c2c1Oc1cc(C(C)(C)C)ccc1N2. The molecular weight excluding hydrogens is 457 g/mol.